The summed E-state index contributed by atoms with van der Waals surface area (Å²) >= 11 is 0. The molecule has 4 heteroatoms. The van der Waals surface area contributed by atoms with Crippen LogP contribution in [0.5, 0.6) is 0 Å². The largest absolute Gasteiger partial charge is 0.480 e. The van der Waals surface area contributed by atoms with Crippen molar-refractivity contribution < 1.29 is 9.90 Å². The zero-order valence-corrected chi connectivity index (χ0v) is 12.6. The topological polar surface area (TPSA) is 43.8 Å². The molecule has 0 amide bonds. The Morgan fingerprint density at radius 1 is 1.33 bits per heavy atom. The van der Waals surface area contributed by atoms with E-state index in [0.29, 0.717) is 18.4 Å². The Bertz CT molecular complexity index is 483. The highest BCUT2D eigenvalue weighted by Gasteiger charge is 2.39. The van der Waals surface area contributed by atoms with Crippen molar-refractivity contribution in [2.45, 2.75) is 31.3 Å². The molecule has 2 atom stereocenters. The van der Waals surface area contributed by atoms with Crippen molar-refractivity contribution >= 4 is 5.97 Å². The van der Waals surface area contributed by atoms with E-state index in [1.807, 2.05) is 37.4 Å². The SMILES string of the molecule is CN([C@@H]1CN2CCC1CC2)[C@@H](Cc1ccccc1)C(=O)O. The second-order valence-corrected chi connectivity index (χ2v) is 6.41. The third-order valence-corrected chi connectivity index (χ3v) is 5.19. The molecule has 0 radical (unpaired) electrons. The van der Waals surface area contributed by atoms with E-state index < -0.39 is 12.0 Å². The van der Waals surface area contributed by atoms with Gasteiger partial charge >= 0.3 is 5.97 Å². The van der Waals surface area contributed by atoms with Crippen molar-refractivity contribution in [3.05, 3.63) is 35.9 Å². The molecular formula is C17H24N2O2. The molecule has 4 rings (SSSR count). The predicted octanol–water partition coefficient (Wildman–Crippen LogP) is 1.71. The molecule has 114 valence electrons. The molecule has 1 aromatic rings. The average molecular weight is 288 g/mol. The normalized spacial score (nSPS) is 29.5. The number of carboxylic acids is 1. The highest BCUT2D eigenvalue weighted by Crippen LogP contribution is 2.31. The summed E-state index contributed by atoms with van der Waals surface area (Å²) in [6.07, 6.45) is 3.01. The monoisotopic (exact) mass is 288 g/mol. The Morgan fingerprint density at radius 3 is 2.52 bits per heavy atom. The van der Waals surface area contributed by atoms with Crippen molar-refractivity contribution in [1.82, 2.24) is 9.80 Å². The number of nitrogens with zero attached hydrogens (tertiary/aromatic N) is 2. The summed E-state index contributed by atoms with van der Waals surface area (Å²) in [7, 11) is 1.99. The van der Waals surface area contributed by atoms with Crippen molar-refractivity contribution in [3.63, 3.8) is 0 Å². The molecule has 0 saturated carbocycles. The van der Waals surface area contributed by atoms with E-state index in [1.165, 1.54) is 25.9 Å². The van der Waals surface area contributed by atoms with Crippen molar-refractivity contribution in [3.8, 4) is 0 Å². The number of hydrogen-bond acceptors (Lipinski definition) is 3. The molecular weight excluding hydrogens is 264 g/mol. The van der Waals surface area contributed by atoms with Gasteiger partial charge in [-0.05, 0) is 50.9 Å². The van der Waals surface area contributed by atoms with Gasteiger partial charge in [0.25, 0.3) is 0 Å². The number of hydrogen-bond donors (Lipinski definition) is 1. The Balaban J connectivity index is 1.73. The maximum atomic E-state index is 11.7. The zero-order chi connectivity index (χ0) is 14.8. The predicted molar refractivity (Wildman–Crippen MR) is 82.3 cm³/mol. The van der Waals surface area contributed by atoms with Crippen LogP contribution in [0, 0.1) is 5.92 Å². The Morgan fingerprint density at radius 2 is 2.00 bits per heavy atom. The number of piperidine rings is 3. The summed E-state index contributed by atoms with van der Waals surface area (Å²) in [4.78, 5) is 16.3. The first-order valence-corrected chi connectivity index (χ1v) is 7.86. The van der Waals surface area contributed by atoms with E-state index in [-0.39, 0.29) is 0 Å². The van der Waals surface area contributed by atoms with Gasteiger partial charge in [-0.15, -0.1) is 0 Å². The fourth-order valence-electron chi connectivity index (χ4n) is 3.87. The van der Waals surface area contributed by atoms with Gasteiger partial charge in [0, 0.05) is 12.6 Å². The third-order valence-electron chi connectivity index (χ3n) is 5.19. The fraction of sp³-hybridized carbons (Fsp3) is 0.588. The lowest BCUT2D eigenvalue weighted by atomic mass is 9.82. The zero-order valence-electron chi connectivity index (χ0n) is 12.6. The van der Waals surface area contributed by atoms with Crippen LogP contribution >= 0.6 is 0 Å². The molecule has 0 spiro atoms. The minimum atomic E-state index is -0.710. The number of fused-ring (bicyclic) bond motifs is 3. The molecule has 3 heterocycles. The Hall–Kier alpha value is -1.39. The van der Waals surface area contributed by atoms with Gasteiger partial charge in [-0.1, -0.05) is 30.3 Å². The highest BCUT2D eigenvalue weighted by molar-refractivity contribution is 5.74. The molecule has 3 aliphatic heterocycles. The number of carboxylic acid groups (broad SMARTS) is 1. The van der Waals surface area contributed by atoms with Crippen LogP contribution < -0.4 is 0 Å². The molecule has 2 bridgehead atoms. The third kappa shape index (κ3) is 3.11. The molecule has 3 aliphatic rings. The maximum Gasteiger partial charge on any atom is 0.321 e. The number of rotatable bonds is 5. The summed E-state index contributed by atoms with van der Waals surface area (Å²) < 4.78 is 0. The van der Waals surface area contributed by atoms with Crippen LogP contribution in [0.3, 0.4) is 0 Å². The molecule has 21 heavy (non-hydrogen) atoms. The minimum Gasteiger partial charge on any atom is -0.480 e. The summed E-state index contributed by atoms with van der Waals surface area (Å²) in [5, 5.41) is 9.65. The lowest BCUT2D eigenvalue weighted by molar-refractivity contribution is -0.145. The standard InChI is InChI=1S/C17H24N2O2/c1-18(16-12-19-9-7-14(16)8-10-19)15(17(20)21)11-13-5-3-2-4-6-13/h2-6,14-16H,7-12H2,1H3,(H,20,21)/t15-,16+/m0/s1. The van der Waals surface area contributed by atoms with Crippen LogP contribution in [0.1, 0.15) is 18.4 Å². The number of likely N-dealkylation sites (N-methyl/N-ethyl adjacent to an activating group) is 1. The van der Waals surface area contributed by atoms with E-state index in [0.717, 1.165) is 12.1 Å². The van der Waals surface area contributed by atoms with Gasteiger partial charge in [-0.25, -0.2) is 0 Å². The van der Waals surface area contributed by atoms with Crippen molar-refractivity contribution in [2.24, 2.45) is 5.92 Å². The summed E-state index contributed by atoms with van der Waals surface area (Å²) in [6, 6.07) is 9.90. The Labute approximate surface area is 126 Å². The van der Waals surface area contributed by atoms with Crippen molar-refractivity contribution in [2.75, 3.05) is 26.7 Å². The van der Waals surface area contributed by atoms with E-state index in [4.69, 9.17) is 0 Å². The van der Waals surface area contributed by atoms with Crippen LogP contribution in [0.2, 0.25) is 0 Å². The molecule has 3 fully saturated rings. The second kappa shape index (κ2) is 6.16. The second-order valence-electron chi connectivity index (χ2n) is 6.41. The molecule has 4 nitrogen and oxygen atoms in total. The smallest absolute Gasteiger partial charge is 0.321 e. The van der Waals surface area contributed by atoms with Gasteiger partial charge < -0.3 is 10.0 Å². The quantitative estimate of drug-likeness (QED) is 0.896. The molecule has 0 unspecified atom stereocenters. The first kappa shape index (κ1) is 14.5. The van der Waals surface area contributed by atoms with Gasteiger partial charge in [0.1, 0.15) is 6.04 Å². The van der Waals surface area contributed by atoms with E-state index in [2.05, 4.69) is 9.80 Å². The van der Waals surface area contributed by atoms with Crippen LogP contribution in [0.4, 0.5) is 0 Å². The first-order chi connectivity index (χ1) is 10.1. The van der Waals surface area contributed by atoms with Crippen LogP contribution in [-0.2, 0) is 11.2 Å². The summed E-state index contributed by atoms with van der Waals surface area (Å²) in [6.45, 7) is 3.40. The van der Waals surface area contributed by atoms with Gasteiger partial charge in [0.15, 0.2) is 0 Å². The molecule has 1 aromatic carbocycles. The lowest BCUT2D eigenvalue weighted by Gasteiger charge is -2.49. The summed E-state index contributed by atoms with van der Waals surface area (Å²) in [5.41, 5.74) is 1.10. The molecule has 3 saturated heterocycles. The van der Waals surface area contributed by atoms with Crippen LogP contribution in [-0.4, -0.2) is 59.6 Å². The fourth-order valence-corrected chi connectivity index (χ4v) is 3.87. The Kier molecular flexibility index (Phi) is 4.27. The molecule has 1 N–H and O–H groups in total. The number of carbonyl (C=O) groups is 1. The highest BCUT2D eigenvalue weighted by atomic mass is 16.4. The average Bonchev–Trinajstić information content (AvgIpc) is 2.54. The number of benzene rings is 1. The van der Waals surface area contributed by atoms with Crippen LogP contribution in [0.15, 0.2) is 30.3 Å². The van der Waals surface area contributed by atoms with Gasteiger partial charge in [0.05, 0.1) is 0 Å². The van der Waals surface area contributed by atoms with E-state index in [9.17, 15) is 9.90 Å². The minimum absolute atomic E-state index is 0.386. The van der Waals surface area contributed by atoms with Crippen LogP contribution in [0.25, 0.3) is 0 Å². The van der Waals surface area contributed by atoms with E-state index in [1.54, 1.807) is 0 Å². The van der Waals surface area contributed by atoms with Crippen molar-refractivity contribution in [1.29, 1.82) is 0 Å². The maximum absolute atomic E-state index is 11.7. The number of aliphatic carboxylic acids is 1. The summed E-state index contributed by atoms with van der Waals surface area (Å²) in [5.74, 6) is -0.0459. The lowest BCUT2D eigenvalue weighted by Crippen LogP contribution is -2.60. The van der Waals surface area contributed by atoms with Gasteiger partial charge in [-0.2, -0.15) is 0 Å². The molecule has 0 aromatic heterocycles. The first-order valence-electron chi connectivity index (χ1n) is 7.86. The van der Waals surface area contributed by atoms with Gasteiger partial charge in [-0.3, -0.25) is 9.69 Å². The van der Waals surface area contributed by atoms with Gasteiger partial charge in [0.2, 0.25) is 0 Å². The molecule has 0 aliphatic carbocycles. The van der Waals surface area contributed by atoms with E-state index >= 15 is 0 Å².